The maximum Gasteiger partial charge on any atom is 0.258 e. The summed E-state index contributed by atoms with van der Waals surface area (Å²) in [5.74, 6) is -0.569. The summed E-state index contributed by atoms with van der Waals surface area (Å²) in [6.45, 7) is 6.19. The zero-order valence-electron chi connectivity index (χ0n) is 18.4. The molecule has 1 fully saturated rings. The van der Waals surface area contributed by atoms with Crippen LogP contribution in [0.2, 0.25) is 5.02 Å². The minimum Gasteiger partial charge on any atom is -0.491 e. The van der Waals surface area contributed by atoms with Gasteiger partial charge >= 0.3 is 0 Å². The van der Waals surface area contributed by atoms with Gasteiger partial charge in [-0.2, -0.15) is 5.10 Å². The van der Waals surface area contributed by atoms with E-state index in [1.54, 1.807) is 9.42 Å². The Morgan fingerprint density at radius 3 is 2.88 bits per heavy atom. The number of nitrogens with zero attached hydrogens (tertiary/aromatic N) is 5. The van der Waals surface area contributed by atoms with Crippen LogP contribution in [0.5, 0.6) is 5.75 Å². The van der Waals surface area contributed by atoms with Gasteiger partial charge in [-0.3, -0.25) is 9.69 Å². The number of ether oxygens (including phenoxy) is 1. The van der Waals surface area contributed by atoms with Gasteiger partial charge in [0.15, 0.2) is 5.65 Å². The molecule has 7 nitrogen and oxygen atoms in total. The average Bonchev–Trinajstić information content (AvgIpc) is 3.47. The van der Waals surface area contributed by atoms with Crippen molar-refractivity contribution < 1.29 is 18.3 Å². The van der Waals surface area contributed by atoms with E-state index in [9.17, 15) is 13.6 Å². The number of halogens is 3. The average molecular weight is 476 g/mol. The van der Waals surface area contributed by atoms with Gasteiger partial charge in [0, 0.05) is 31.3 Å². The molecule has 10 heteroatoms. The Balaban J connectivity index is 1.34. The quantitative estimate of drug-likeness (QED) is 0.563. The predicted octanol–water partition coefficient (Wildman–Crippen LogP) is 3.72. The van der Waals surface area contributed by atoms with E-state index in [0.717, 1.165) is 17.0 Å². The molecule has 2 aliphatic heterocycles. The molecular formula is C23H24ClF2N5O2. The highest BCUT2D eigenvalue weighted by Gasteiger charge is 2.32. The topological polar surface area (TPSA) is 63.0 Å². The van der Waals surface area contributed by atoms with Gasteiger partial charge in [0.2, 0.25) is 0 Å². The lowest BCUT2D eigenvalue weighted by atomic mass is 10.1. The number of aromatic nitrogens is 3. The first kappa shape index (κ1) is 22.0. The van der Waals surface area contributed by atoms with Crippen molar-refractivity contribution in [3.05, 3.63) is 57.2 Å². The summed E-state index contributed by atoms with van der Waals surface area (Å²) >= 11 is 6.31. The van der Waals surface area contributed by atoms with Crippen molar-refractivity contribution in [2.24, 2.45) is 0 Å². The zero-order valence-corrected chi connectivity index (χ0v) is 19.2. The summed E-state index contributed by atoms with van der Waals surface area (Å²) in [6, 6.07) is 3.91. The number of carbonyl (C=O) groups is 1. The first-order chi connectivity index (χ1) is 15.8. The van der Waals surface area contributed by atoms with Crippen molar-refractivity contribution in [3.63, 3.8) is 0 Å². The molecule has 1 amide bonds. The number of likely N-dealkylation sites (tertiary alicyclic amines) is 1. The van der Waals surface area contributed by atoms with E-state index in [1.807, 2.05) is 18.7 Å². The fraction of sp³-hybridized carbons (Fsp3) is 0.435. The molecule has 2 aromatic heterocycles. The maximum absolute atomic E-state index is 13.9. The Morgan fingerprint density at radius 2 is 2.12 bits per heavy atom. The molecule has 0 bridgehead atoms. The third kappa shape index (κ3) is 4.04. The second-order valence-corrected chi connectivity index (χ2v) is 8.97. The number of alkyl halides is 1. The van der Waals surface area contributed by atoms with Crippen LogP contribution < -0.4 is 4.74 Å². The first-order valence-corrected chi connectivity index (χ1v) is 11.3. The fourth-order valence-electron chi connectivity index (χ4n) is 4.49. The molecule has 174 valence electrons. The molecule has 1 atom stereocenters. The summed E-state index contributed by atoms with van der Waals surface area (Å²) in [7, 11) is 0. The maximum atomic E-state index is 13.9. The van der Waals surface area contributed by atoms with Gasteiger partial charge in [-0.05, 0) is 32.4 Å². The van der Waals surface area contributed by atoms with Crippen LogP contribution >= 0.6 is 11.6 Å². The minimum atomic E-state index is -0.812. The van der Waals surface area contributed by atoms with E-state index in [-0.39, 0.29) is 23.8 Å². The van der Waals surface area contributed by atoms with Crippen LogP contribution in [0.15, 0.2) is 18.2 Å². The molecule has 2 aliphatic rings. The van der Waals surface area contributed by atoms with E-state index < -0.39 is 12.0 Å². The van der Waals surface area contributed by atoms with Crippen molar-refractivity contribution >= 4 is 23.2 Å². The Hall–Kier alpha value is -2.78. The molecule has 5 rings (SSSR count). The lowest BCUT2D eigenvalue weighted by Gasteiger charge is -2.20. The van der Waals surface area contributed by atoms with E-state index in [2.05, 4.69) is 10.1 Å². The largest absolute Gasteiger partial charge is 0.491 e. The van der Waals surface area contributed by atoms with Gasteiger partial charge in [0.1, 0.15) is 24.3 Å². The third-order valence-electron chi connectivity index (χ3n) is 6.30. The Labute approximate surface area is 194 Å². The molecule has 3 aromatic rings. The van der Waals surface area contributed by atoms with Gasteiger partial charge in [-0.15, -0.1) is 0 Å². The van der Waals surface area contributed by atoms with Gasteiger partial charge < -0.3 is 9.64 Å². The highest BCUT2D eigenvalue weighted by molar-refractivity contribution is 6.31. The van der Waals surface area contributed by atoms with Crippen LogP contribution in [0.4, 0.5) is 8.78 Å². The lowest BCUT2D eigenvalue weighted by molar-refractivity contribution is 0.0744. The number of benzene rings is 1. The number of hydrogen-bond acceptors (Lipinski definition) is 5. The normalized spacial score (nSPS) is 18.3. The van der Waals surface area contributed by atoms with Crippen molar-refractivity contribution in [3.8, 4) is 5.75 Å². The number of aryl methyl sites for hydroxylation is 2. The van der Waals surface area contributed by atoms with Gasteiger partial charge in [0.25, 0.3) is 5.91 Å². The summed E-state index contributed by atoms with van der Waals surface area (Å²) in [4.78, 5) is 21.5. The number of rotatable bonds is 5. The van der Waals surface area contributed by atoms with Crippen LogP contribution in [0.3, 0.4) is 0 Å². The highest BCUT2D eigenvalue weighted by Crippen LogP contribution is 2.31. The van der Waals surface area contributed by atoms with Crippen molar-refractivity contribution in [1.82, 2.24) is 24.4 Å². The van der Waals surface area contributed by atoms with Crippen molar-refractivity contribution in [1.29, 1.82) is 0 Å². The minimum absolute atomic E-state index is 0.186. The second-order valence-electron chi connectivity index (χ2n) is 8.59. The summed E-state index contributed by atoms with van der Waals surface area (Å²) in [6.07, 6.45) is -0.296. The SMILES string of the molecule is Cc1nc2c3c(nn2c(C)c1Cl)CN(C(=O)c1ccc(F)cc1OCCN1CC[C@@H](F)C1)C3. The van der Waals surface area contributed by atoms with E-state index in [1.165, 1.54) is 18.2 Å². The lowest BCUT2D eigenvalue weighted by Crippen LogP contribution is -2.28. The molecular weight excluding hydrogens is 452 g/mol. The molecule has 0 aliphatic carbocycles. The smallest absolute Gasteiger partial charge is 0.258 e. The predicted molar refractivity (Wildman–Crippen MR) is 119 cm³/mol. The molecule has 33 heavy (non-hydrogen) atoms. The monoisotopic (exact) mass is 475 g/mol. The molecule has 4 heterocycles. The van der Waals surface area contributed by atoms with Crippen LogP contribution in [0.25, 0.3) is 5.65 Å². The molecule has 0 unspecified atom stereocenters. The second kappa shape index (κ2) is 8.53. The molecule has 0 spiro atoms. The molecule has 0 N–H and O–H groups in total. The molecule has 1 aromatic carbocycles. The van der Waals surface area contributed by atoms with Crippen LogP contribution in [0.1, 0.15) is 39.4 Å². The summed E-state index contributed by atoms with van der Waals surface area (Å²) in [5.41, 5.74) is 4.13. The van der Waals surface area contributed by atoms with Crippen LogP contribution in [-0.4, -0.2) is 62.7 Å². The van der Waals surface area contributed by atoms with Crippen LogP contribution in [0, 0.1) is 19.7 Å². The highest BCUT2D eigenvalue weighted by atomic mass is 35.5. The van der Waals surface area contributed by atoms with Crippen LogP contribution in [-0.2, 0) is 13.1 Å². The van der Waals surface area contributed by atoms with Crippen molar-refractivity contribution in [2.75, 3.05) is 26.2 Å². The van der Waals surface area contributed by atoms with E-state index in [4.69, 9.17) is 16.3 Å². The number of carbonyl (C=O) groups excluding carboxylic acids is 1. The Kier molecular flexibility index (Phi) is 5.70. The van der Waals surface area contributed by atoms with Gasteiger partial charge in [-0.1, -0.05) is 11.6 Å². The van der Waals surface area contributed by atoms with E-state index in [0.29, 0.717) is 55.5 Å². The summed E-state index contributed by atoms with van der Waals surface area (Å²) in [5, 5.41) is 5.18. The summed E-state index contributed by atoms with van der Waals surface area (Å²) < 4.78 is 34.8. The molecule has 0 saturated carbocycles. The standard InChI is InChI=1S/C23H24ClF2N5O2/c1-13-21(24)14(2)31-22(27-13)18-11-30(12-19(18)28-31)23(32)17-4-3-15(25)9-20(17)33-8-7-29-6-5-16(26)10-29/h3-4,9,16H,5-8,10-12H2,1-2H3/t16-/m1/s1. The fourth-order valence-corrected chi connectivity index (χ4v) is 4.62. The number of amides is 1. The molecule has 0 radical (unpaired) electrons. The molecule has 1 saturated heterocycles. The third-order valence-corrected chi connectivity index (χ3v) is 6.84. The first-order valence-electron chi connectivity index (χ1n) is 10.9. The number of fused-ring (bicyclic) bond motifs is 3. The number of hydrogen-bond donors (Lipinski definition) is 0. The van der Waals surface area contributed by atoms with Crippen molar-refractivity contribution in [2.45, 2.75) is 39.5 Å². The zero-order chi connectivity index (χ0) is 23.3. The van der Waals surface area contributed by atoms with Gasteiger partial charge in [-0.25, -0.2) is 18.3 Å². The van der Waals surface area contributed by atoms with Gasteiger partial charge in [0.05, 0.1) is 40.8 Å². The Morgan fingerprint density at radius 1 is 1.30 bits per heavy atom. The Bertz CT molecular complexity index is 1250. The van der Waals surface area contributed by atoms with E-state index >= 15 is 0 Å².